The Morgan fingerprint density at radius 1 is 1.21 bits per heavy atom. The molecule has 1 aliphatic carbocycles. The molecule has 0 radical (unpaired) electrons. The maximum atomic E-state index is 11.9. The van der Waals surface area contributed by atoms with E-state index in [1.165, 1.54) is 0 Å². The highest BCUT2D eigenvalue weighted by Gasteiger charge is 2.17. The van der Waals surface area contributed by atoms with Gasteiger partial charge in [0, 0.05) is 11.3 Å². The standard InChI is InChI=1S/C13H11Cl2N3O/c14-9-5-4-7(6-10(9)15)16-13-17-11-3-1-2-8(11)12(19)18-13/h4-6H,1-3H2,(H2,16,17,18,19). The van der Waals surface area contributed by atoms with E-state index in [-0.39, 0.29) is 5.56 Å². The smallest absolute Gasteiger partial charge is 0.255 e. The molecule has 19 heavy (non-hydrogen) atoms. The topological polar surface area (TPSA) is 57.8 Å². The van der Waals surface area contributed by atoms with Gasteiger partial charge in [-0.15, -0.1) is 0 Å². The Kier molecular flexibility index (Phi) is 3.21. The van der Waals surface area contributed by atoms with Crippen LogP contribution in [0.15, 0.2) is 23.0 Å². The number of aromatic amines is 1. The van der Waals surface area contributed by atoms with Crippen LogP contribution in [0.25, 0.3) is 0 Å². The molecule has 0 fully saturated rings. The number of halogens is 2. The van der Waals surface area contributed by atoms with Crippen molar-refractivity contribution < 1.29 is 0 Å². The molecule has 0 bridgehead atoms. The summed E-state index contributed by atoms with van der Waals surface area (Å²) >= 11 is 11.8. The highest BCUT2D eigenvalue weighted by Crippen LogP contribution is 2.26. The van der Waals surface area contributed by atoms with Crippen LogP contribution in [-0.4, -0.2) is 9.97 Å². The molecule has 0 saturated heterocycles. The molecule has 4 nitrogen and oxygen atoms in total. The number of nitrogens with one attached hydrogen (secondary N) is 2. The third-order valence-corrected chi connectivity index (χ3v) is 3.86. The molecule has 0 atom stereocenters. The fraction of sp³-hybridized carbons (Fsp3) is 0.231. The zero-order valence-corrected chi connectivity index (χ0v) is 11.5. The third kappa shape index (κ3) is 2.46. The Bertz CT molecular complexity index is 697. The summed E-state index contributed by atoms with van der Waals surface area (Å²) in [5.74, 6) is 0.434. The largest absolute Gasteiger partial charge is 0.326 e. The minimum Gasteiger partial charge on any atom is -0.326 e. The van der Waals surface area contributed by atoms with Crippen molar-refractivity contribution in [1.29, 1.82) is 0 Å². The highest BCUT2D eigenvalue weighted by atomic mass is 35.5. The van der Waals surface area contributed by atoms with Gasteiger partial charge in [-0.3, -0.25) is 9.78 Å². The second kappa shape index (κ2) is 4.87. The van der Waals surface area contributed by atoms with E-state index in [1.807, 2.05) is 0 Å². The van der Waals surface area contributed by atoms with Crippen molar-refractivity contribution in [2.75, 3.05) is 5.32 Å². The maximum absolute atomic E-state index is 11.9. The van der Waals surface area contributed by atoms with Gasteiger partial charge >= 0.3 is 0 Å². The van der Waals surface area contributed by atoms with Crippen molar-refractivity contribution >= 4 is 34.8 Å². The van der Waals surface area contributed by atoms with Gasteiger partial charge in [-0.1, -0.05) is 23.2 Å². The average molecular weight is 296 g/mol. The van der Waals surface area contributed by atoms with E-state index in [4.69, 9.17) is 23.2 Å². The molecule has 1 heterocycles. The minimum atomic E-state index is -0.0648. The molecule has 0 unspecified atom stereocenters. The van der Waals surface area contributed by atoms with Gasteiger partial charge < -0.3 is 5.32 Å². The first-order valence-corrected chi connectivity index (χ1v) is 6.73. The zero-order valence-electron chi connectivity index (χ0n) is 9.96. The number of H-pyrrole nitrogens is 1. The normalized spacial score (nSPS) is 13.4. The first-order chi connectivity index (χ1) is 9.13. The molecular formula is C13H11Cl2N3O. The van der Waals surface area contributed by atoms with Crippen LogP contribution in [0, 0.1) is 0 Å². The van der Waals surface area contributed by atoms with E-state index in [9.17, 15) is 4.79 Å². The van der Waals surface area contributed by atoms with E-state index < -0.39 is 0 Å². The van der Waals surface area contributed by atoms with E-state index in [2.05, 4.69) is 15.3 Å². The lowest BCUT2D eigenvalue weighted by molar-refractivity contribution is 0.899. The molecule has 1 aromatic heterocycles. The Balaban J connectivity index is 1.93. The van der Waals surface area contributed by atoms with Crippen LogP contribution in [0.3, 0.4) is 0 Å². The Labute approximate surface area is 119 Å². The van der Waals surface area contributed by atoms with Gasteiger partial charge in [0.2, 0.25) is 5.95 Å². The Morgan fingerprint density at radius 2 is 2.05 bits per heavy atom. The van der Waals surface area contributed by atoms with Crippen LogP contribution < -0.4 is 10.9 Å². The predicted octanol–water partition coefficient (Wildman–Crippen LogP) is 3.31. The Hall–Kier alpha value is -1.52. The van der Waals surface area contributed by atoms with E-state index in [1.54, 1.807) is 18.2 Å². The lowest BCUT2D eigenvalue weighted by Gasteiger charge is -2.08. The molecule has 1 aliphatic rings. The fourth-order valence-electron chi connectivity index (χ4n) is 2.21. The van der Waals surface area contributed by atoms with Crippen LogP contribution >= 0.6 is 23.2 Å². The predicted molar refractivity (Wildman–Crippen MR) is 76.6 cm³/mol. The number of rotatable bonds is 2. The van der Waals surface area contributed by atoms with Crippen LogP contribution in [0.5, 0.6) is 0 Å². The quantitative estimate of drug-likeness (QED) is 0.894. The van der Waals surface area contributed by atoms with E-state index >= 15 is 0 Å². The molecule has 1 aromatic carbocycles. The van der Waals surface area contributed by atoms with Crippen LogP contribution in [-0.2, 0) is 12.8 Å². The SMILES string of the molecule is O=c1[nH]c(Nc2ccc(Cl)c(Cl)c2)nc2c1CCC2. The first kappa shape index (κ1) is 12.5. The summed E-state index contributed by atoms with van der Waals surface area (Å²) in [4.78, 5) is 19.0. The molecule has 6 heteroatoms. The number of nitrogens with zero attached hydrogens (tertiary/aromatic N) is 1. The maximum Gasteiger partial charge on any atom is 0.255 e. The van der Waals surface area contributed by atoms with Crippen molar-refractivity contribution in [3.63, 3.8) is 0 Å². The van der Waals surface area contributed by atoms with E-state index in [0.717, 1.165) is 36.2 Å². The molecule has 0 saturated carbocycles. The molecule has 98 valence electrons. The molecule has 0 amide bonds. The first-order valence-electron chi connectivity index (χ1n) is 5.97. The number of hydrogen-bond donors (Lipinski definition) is 2. The zero-order chi connectivity index (χ0) is 13.4. The lowest BCUT2D eigenvalue weighted by Crippen LogP contribution is -2.16. The van der Waals surface area contributed by atoms with Gasteiger partial charge in [0.1, 0.15) is 0 Å². The van der Waals surface area contributed by atoms with Gasteiger partial charge in [0.25, 0.3) is 5.56 Å². The molecule has 2 aromatic rings. The number of benzene rings is 1. The van der Waals surface area contributed by atoms with Gasteiger partial charge in [-0.25, -0.2) is 4.98 Å². The van der Waals surface area contributed by atoms with Gasteiger partial charge in [-0.2, -0.15) is 0 Å². The van der Waals surface area contributed by atoms with Gasteiger partial charge in [-0.05, 0) is 37.5 Å². The lowest BCUT2D eigenvalue weighted by atomic mass is 10.3. The average Bonchev–Trinajstić information content (AvgIpc) is 2.82. The van der Waals surface area contributed by atoms with Gasteiger partial charge in [0.05, 0.1) is 15.7 Å². The van der Waals surface area contributed by atoms with Crippen molar-refractivity contribution in [3.8, 4) is 0 Å². The summed E-state index contributed by atoms with van der Waals surface area (Å²) in [6.07, 6.45) is 2.65. The number of aryl methyl sites for hydroxylation is 1. The molecule has 2 N–H and O–H groups in total. The summed E-state index contributed by atoms with van der Waals surface area (Å²) in [6, 6.07) is 5.16. The highest BCUT2D eigenvalue weighted by molar-refractivity contribution is 6.42. The third-order valence-electron chi connectivity index (χ3n) is 3.12. The Morgan fingerprint density at radius 3 is 2.84 bits per heavy atom. The summed E-state index contributed by atoms with van der Waals surface area (Å²) in [6.45, 7) is 0. The van der Waals surface area contributed by atoms with Crippen LogP contribution in [0.4, 0.5) is 11.6 Å². The monoisotopic (exact) mass is 295 g/mol. The number of aromatic nitrogens is 2. The van der Waals surface area contributed by atoms with Crippen molar-refractivity contribution in [3.05, 3.63) is 49.9 Å². The van der Waals surface area contributed by atoms with Crippen molar-refractivity contribution in [2.45, 2.75) is 19.3 Å². The van der Waals surface area contributed by atoms with Crippen LogP contribution in [0.2, 0.25) is 10.0 Å². The second-order valence-electron chi connectivity index (χ2n) is 4.45. The number of anilines is 2. The summed E-state index contributed by atoms with van der Waals surface area (Å²) < 4.78 is 0. The molecular weight excluding hydrogens is 285 g/mol. The van der Waals surface area contributed by atoms with Crippen molar-refractivity contribution in [1.82, 2.24) is 9.97 Å². The summed E-state index contributed by atoms with van der Waals surface area (Å²) in [7, 11) is 0. The molecule has 0 aliphatic heterocycles. The molecule has 3 rings (SSSR count). The van der Waals surface area contributed by atoms with Crippen LogP contribution in [0.1, 0.15) is 17.7 Å². The van der Waals surface area contributed by atoms with Crippen molar-refractivity contribution in [2.24, 2.45) is 0 Å². The summed E-state index contributed by atoms with van der Waals surface area (Å²) in [5, 5.41) is 3.98. The summed E-state index contributed by atoms with van der Waals surface area (Å²) in [5.41, 5.74) is 2.35. The van der Waals surface area contributed by atoms with Gasteiger partial charge in [0.15, 0.2) is 0 Å². The molecule has 0 spiro atoms. The van der Waals surface area contributed by atoms with E-state index in [0.29, 0.717) is 16.0 Å². The number of fused-ring (bicyclic) bond motifs is 1. The minimum absolute atomic E-state index is 0.0648. The number of hydrogen-bond acceptors (Lipinski definition) is 3. The fourth-order valence-corrected chi connectivity index (χ4v) is 2.51. The second-order valence-corrected chi connectivity index (χ2v) is 5.26.